The van der Waals surface area contributed by atoms with Gasteiger partial charge >= 0.3 is 0 Å². The van der Waals surface area contributed by atoms with Crippen molar-refractivity contribution in [1.29, 1.82) is 0 Å². The van der Waals surface area contributed by atoms with E-state index in [1.807, 2.05) is 12.3 Å². The van der Waals surface area contributed by atoms with Crippen molar-refractivity contribution in [3.63, 3.8) is 0 Å². The van der Waals surface area contributed by atoms with Crippen molar-refractivity contribution < 1.29 is 10.2 Å². The standard InChI is InChI=1S/C17H25N5O2/c1-21(17-15-2-3-18-16(15)19-10-20-17)13-4-11-6-22(7-12(11)5-13)14(8-23)9-24/h2-3,10-14,23-24H,4-9H2,1H3,(H,18,19,20)/t11-,12+,13+. The summed E-state index contributed by atoms with van der Waals surface area (Å²) in [6.45, 7) is 2.02. The smallest absolute Gasteiger partial charge is 0.142 e. The van der Waals surface area contributed by atoms with Crippen molar-refractivity contribution in [3.8, 4) is 0 Å². The number of hydrogen-bond donors (Lipinski definition) is 3. The second kappa shape index (κ2) is 6.31. The molecule has 7 heteroatoms. The number of fused-ring (bicyclic) bond motifs is 2. The van der Waals surface area contributed by atoms with Crippen molar-refractivity contribution in [3.05, 3.63) is 18.6 Å². The number of rotatable bonds is 5. The molecule has 3 heterocycles. The van der Waals surface area contributed by atoms with E-state index in [9.17, 15) is 10.2 Å². The highest BCUT2D eigenvalue weighted by molar-refractivity contribution is 5.87. The Balaban J connectivity index is 1.46. The summed E-state index contributed by atoms with van der Waals surface area (Å²) < 4.78 is 0. The van der Waals surface area contributed by atoms with Crippen LogP contribution >= 0.6 is 0 Å². The van der Waals surface area contributed by atoms with Gasteiger partial charge in [-0.1, -0.05) is 0 Å². The molecular weight excluding hydrogens is 306 g/mol. The van der Waals surface area contributed by atoms with Gasteiger partial charge in [-0.05, 0) is 30.7 Å². The van der Waals surface area contributed by atoms with Crippen molar-refractivity contribution in [2.24, 2.45) is 11.8 Å². The Labute approximate surface area is 141 Å². The van der Waals surface area contributed by atoms with Gasteiger partial charge in [-0.2, -0.15) is 0 Å². The fraction of sp³-hybridized carbons (Fsp3) is 0.647. The fourth-order valence-electron chi connectivity index (χ4n) is 4.52. The van der Waals surface area contributed by atoms with Gasteiger partial charge in [-0.25, -0.2) is 9.97 Å². The number of likely N-dealkylation sites (tertiary alicyclic amines) is 1. The van der Waals surface area contributed by atoms with E-state index in [1.165, 1.54) is 0 Å². The normalized spacial score (nSPS) is 27.2. The van der Waals surface area contributed by atoms with Gasteiger partial charge in [0, 0.05) is 32.4 Å². The van der Waals surface area contributed by atoms with Gasteiger partial charge in [0.1, 0.15) is 17.8 Å². The predicted molar refractivity (Wildman–Crippen MR) is 91.8 cm³/mol. The first-order valence-corrected chi connectivity index (χ1v) is 8.68. The second-order valence-electron chi connectivity index (χ2n) is 7.17. The van der Waals surface area contributed by atoms with E-state index in [4.69, 9.17) is 0 Å². The molecule has 2 aromatic heterocycles. The summed E-state index contributed by atoms with van der Waals surface area (Å²) >= 11 is 0. The van der Waals surface area contributed by atoms with Crippen molar-refractivity contribution >= 4 is 16.9 Å². The SMILES string of the molecule is CN(c1ncnc2[nH]ccc12)[C@H]1C[C@@H]2CN(C(CO)CO)C[C@@H]2C1. The van der Waals surface area contributed by atoms with Gasteiger partial charge in [0.15, 0.2) is 0 Å². The molecule has 1 aliphatic carbocycles. The Bertz CT molecular complexity index is 687. The highest BCUT2D eigenvalue weighted by atomic mass is 16.3. The first-order chi connectivity index (χ1) is 11.7. The van der Waals surface area contributed by atoms with Crippen LogP contribution in [0.1, 0.15) is 12.8 Å². The van der Waals surface area contributed by atoms with Crippen LogP contribution in [0.3, 0.4) is 0 Å². The van der Waals surface area contributed by atoms with E-state index in [2.05, 4.69) is 31.8 Å². The number of nitrogens with zero attached hydrogens (tertiary/aromatic N) is 4. The van der Waals surface area contributed by atoms with Gasteiger partial charge in [0.05, 0.1) is 24.6 Å². The summed E-state index contributed by atoms with van der Waals surface area (Å²) in [4.78, 5) is 16.5. The maximum atomic E-state index is 9.39. The zero-order chi connectivity index (χ0) is 16.7. The molecular formula is C17H25N5O2. The van der Waals surface area contributed by atoms with Crippen LogP contribution < -0.4 is 4.90 Å². The Morgan fingerprint density at radius 2 is 1.96 bits per heavy atom. The molecule has 0 aromatic carbocycles. The number of aromatic amines is 1. The Hall–Kier alpha value is -1.70. The molecule has 0 bridgehead atoms. The number of aliphatic hydroxyl groups is 2. The van der Waals surface area contributed by atoms with Crippen LogP contribution in [0, 0.1) is 11.8 Å². The van der Waals surface area contributed by atoms with E-state index in [0.717, 1.165) is 42.8 Å². The minimum absolute atomic E-state index is 0.0334. The van der Waals surface area contributed by atoms with E-state index in [1.54, 1.807) is 6.33 Å². The molecule has 4 rings (SSSR count). The summed E-state index contributed by atoms with van der Waals surface area (Å²) in [5, 5.41) is 19.9. The molecule has 1 aliphatic heterocycles. The first-order valence-electron chi connectivity index (χ1n) is 8.68. The Morgan fingerprint density at radius 3 is 2.62 bits per heavy atom. The van der Waals surface area contributed by atoms with E-state index < -0.39 is 0 Å². The zero-order valence-electron chi connectivity index (χ0n) is 14.0. The topological polar surface area (TPSA) is 88.5 Å². The number of anilines is 1. The summed E-state index contributed by atoms with van der Waals surface area (Å²) in [5.74, 6) is 2.27. The van der Waals surface area contributed by atoms with E-state index in [-0.39, 0.29) is 19.3 Å². The van der Waals surface area contributed by atoms with Gasteiger partial charge in [0.2, 0.25) is 0 Å². The zero-order valence-corrected chi connectivity index (χ0v) is 14.0. The number of nitrogens with one attached hydrogen (secondary N) is 1. The number of H-pyrrole nitrogens is 1. The summed E-state index contributed by atoms with van der Waals surface area (Å²) in [5.41, 5.74) is 0.880. The molecule has 2 aliphatic rings. The maximum absolute atomic E-state index is 9.39. The molecule has 0 unspecified atom stereocenters. The third-order valence-electron chi connectivity index (χ3n) is 5.91. The third-order valence-corrected chi connectivity index (χ3v) is 5.91. The fourth-order valence-corrected chi connectivity index (χ4v) is 4.52. The lowest BCUT2D eigenvalue weighted by molar-refractivity contribution is 0.0846. The predicted octanol–water partition coefficient (Wildman–Crippen LogP) is 0.458. The molecule has 2 aromatic rings. The van der Waals surface area contributed by atoms with Gasteiger partial charge in [0.25, 0.3) is 0 Å². The highest BCUT2D eigenvalue weighted by Crippen LogP contribution is 2.41. The molecule has 130 valence electrons. The van der Waals surface area contributed by atoms with Gasteiger partial charge in [-0.15, -0.1) is 0 Å². The van der Waals surface area contributed by atoms with Crippen LogP contribution in [0.5, 0.6) is 0 Å². The van der Waals surface area contributed by atoms with Crippen LogP contribution in [0.25, 0.3) is 11.0 Å². The average molecular weight is 331 g/mol. The number of aliphatic hydroxyl groups excluding tert-OH is 2. The molecule has 0 radical (unpaired) electrons. The first kappa shape index (κ1) is 15.8. The number of hydrogen-bond acceptors (Lipinski definition) is 6. The summed E-state index contributed by atoms with van der Waals surface area (Å²) in [6, 6.07) is 2.41. The number of aromatic nitrogens is 3. The largest absolute Gasteiger partial charge is 0.395 e. The van der Waals surface area contributed by atoms with Crippen LogP contribution in [-0.2, 0) is 0 Å². The minimum Gasteiger partial charge on any atom is -0.395 e. The van der Waals surface area contributed by atoms with Gasteiger partial charge < -0.3 is 20.1 Å². The van der Waals surface area contributed by atoms with Crippen LogP contribution in [-0.4, -0.2) is 75.5 Å². The summed E-state index contributed by atoms with van der Waals surface area (Å²) in [7, 11) is 2.13. The van der Waals surface area contributed by atoms with Crippen LogP contribution in [0.2, 0.25) is 0 Å². The second-order valence-corrected chi connectivity index (χ2v) is 7.17. The Morgan fingerprint density at radius 1 is 1.25 bits per heavy atom. The summed E-state index contributed by atoms with van der Waals surface area (Å²) in [6.07, 6.45) is 5.80. The lowest BCUT2D eigenvalue weighted by atomic mass is 10.0. The molecule has 7 nitrogen and oxygen atoms in total. The van der Waals surface area contributed by atoms with Crippen molar-refractivity contribution in [2.75, 3.05) is 38.3 Å². The third kappa shape index (κ3) is 2.56. The minimum atomic E-state index is -0.104. The highest BCUT2D eigenvalue weighted by Gasteiger charge is 2.43. The van der Waals surface area contributed by atoms with Crippen LogP contribution in [0.15, 0.2) is 18.6 Å². The molecule has 0 spiro atoms. The van der Waals surface area contributed by atoms with Crippen molar-refractivity contribution in [2.45, 2.75) is 24.9 Å². The molecule has 2 fully saturated rings. The lowest BCUT2D eigenvalue weighted by Gasteiger charge is -2.29. The monoisotopic (exact) mass is 331 g/mol. The van der Waals surface area contributed by atoms with Crippen molar-refractivity contribution in [1.82, 2.24) is 19.9 Å². The Kier molecular flexibility index (Phi) is 4.15. The van der Waals surface area contributed by atoms with E-state index >= 15 is 0 Å². The van der Waals surface area contributed by atoms with E-state index in [0.29, 0.717) is 17.9 Å². The molecule has 3 atom stereocenters. The molecule has 1 saturated heterocycles. The molecule has 0 amide bonds. The molecule has 3 N–H and O–H groups in total. The maximum Gasteiger partial charge on any atom is 0.142 e. The molecule has 1 saturated carbocycles. The lowest BCUT2D eigenvalue weighted by Crippen LogP contribution is -2.40. The van der Waals surface area contributed by atoms with Crippen LogP contribution in [0.4, 0.5) is 5.82 Å². The quantitative estimate of drug-likeness (QED) is 0.738. The molecule has 24 heavy (non-hydrogen) atoms. The average Bonchev–Trinajstić information content (AvgIpc) is 3.28. The van der Waals surface area contributed by atoms with Gasteiger partial charge in [-0.3, -0.25) is 4.90 Å².